The van der Waals surface area contributed by atoms with E-state index >= 15 is 0 Å². The first kappa shape index (κ1) is 15.9. The van der Waals surface area contributed by atoms with E-state index in [2.05, 4.69) is 44.4 Å². The van der Waals surface area contributed by atoms with Crippen LogP contribution in [0.25, 0.3) is 0 Å². The summed E-state index contributed by atoms with van der Waals surface area (Å²) in [7, 11) is 0. The van der Waals surface area contributed by atoms with Crippen LogP contribution in [-0.2, 0) is 0 Å². The molecule has 2 nitrogen and oxygen atoms in total. The first-order valence-electron chi connectivity index (χ1n) is 7.39. The van der Waals surface area contributed by atoms with Crippen molar-refractivity contribution in [1.82, 2.24) is 4.90 Å². The molecule has 0 amide bonds. The summed E-state index contributed by atoms with van der Waals surface area (Å²) in [6.45, 7) is 12.1. The maximum atomic E-state index is 10.7. The Morgan fingerprint density at radius 2 is 1.95 bits per heavy atom. The summed E-state index contributed by atoms with van der Waals surface area (Å²) >= 11 is 2.05. The van der Waals surface area contributed by atoms with Crippen LogP contribution in [0, 0.1) is 5.41 Å². The minimum absolute atomic E-state index is 0.139. The molecular weight excluding hydrogens is 266 g/mol. The number of aliphatic hydroxyl groups excluding tert-OH is 1. The molecule has 1 aliphatic heterocycles. The van der Waals surface area contributed by atoms with Crippen molar-refractivity contribution in [3.63, 3.8) is 0 Å². The van der Waals surface area contributed by atoms with E-state index < -0.39 is 6.10 Å². The molecule has 0 saturated carbocycles. The van der Waals surface area contributed by atoms with E-state index in [1.807, 2.05) is 30.3 Å². The second kappa shape index (κ2) is 6.08. The molecule has 1 aliphatic rings. The number of benzene rings is 1. The molecule has 0 aliphatic carbocycles. The third kappa shape index (κ3) is 4.00. The SMILES string of the molecule is CC1(C)CN(CC(C)(C)C(O)c2ccccc2)CCS1. The fraction of sp³-hybridized carbons (Fsp3) is 0.647. The smallest absolute Gasteiger partial charge is 0.0853 e. The van der Waals surface area contributed by atoms with Gasteiger partial charge in [0.2, 0.25) is 0 Å². The van der Waals surface area contributed by atoms with E-state index in [1.54, 1.807) is 0 Å². The van der Waals surface area contributed by atoms with Crippen LogP contribution < -0.4 is 0 Å². The standard InChI is InChI=1S/C17H27NOS/c1-16(2,15(19)14-8-6-5-7-9-14)12-18-10-11-20-17(3,4)13-18/h5-9,15,19H,10-13H2,1-4H3. The average Bonchev–Trinajstić information content (AvgIpc) is 2.37. The molecule has 2 rings (SSSR count). The molecule has 1 fully saturated rings. The highest BCUT2D eigenvalue weighted by molar-refractivity contribution is 8.00. The van der Waals surface area contributed by atoms with Crippen molar-refractivity contribution in [2.75, 3.05) is 25.4 Å². The number of hydrogen-bond donors (Lipinski definition) is 1. The lowest BCUT2D eigenvalue weighted by Gasteiger charge is -2.42. The Bertz CT molecular complexity index is 430. The monoisotopic (exact) mass is 293 g/mol. The zero-order valence-electron chi connectivity index (χ0n) is 13.1. The van der Waals surface area contributed by atoms with Crippen LogP contribution in [0.1, 0.15) is 39.4 Å². The molecule has 1 atom stereocenters. The molecule has 3 heteroatoms. The zero-order valence-corrected chi connectivity index (χ0v) is 13.9. The van der Waals surface area contributed by atoms with Crippen LogP contribution in [0.15, 0.2) is 30.3 Å². The Hall–Kier alpha value is -0.510. The van der Waals surface area contributed by atoms with Gasteiger partial charge in [0.1, 0.15) is 0 Å². The van der Waals surface area contributed by atoms with Gasteiger partial charge in [-0.05, 0) is 19.4 Å². The van der Waals surface area contributed by atoms with Crippen molar-refractivity contribution < 1.29 is 5.11 Å². The normalized spacial score (nSPS) is 21.6. The fourth-order valence-corrected chi connectivity index (χ4v) is 4.17. The molecule has 20 heavy (non-hydrogen) atoms. The van der Waals surface area contributed by atoms with E-state index in [4.69, 9.17) is 0 Å². The van der Waals surface area contributed by atoms with Crippen LogP contribution in [0.4, 0.5) is 0 Å². The zero-order chi connectivity index (χ0) is 14.8. The van der Waals surface area contributed by atoms with Gasteiger partial charge in [0.15, 0.2) is 0 Å². The van der Waals surface area contributed by atoms with Crippen molar-refractivity contribution in [1.29, 1.82) is 0 Å². The Labute approximate surface area is 127 Å². The maximum Gasteiger partial charge on any atom is 0.0853 e. The third-order valence-corrected chi connectivity index (χ3v) is 5.29. The molecule has 1 N–H and O–H groups in total. The lowest BCUT2D eigenvalue weighted by atomic mass is 9.82. The van der Waals surface area contributed by atoms with Crippen molar-refractivity contribution in [2.45, 2.75) is 38.5 Å². The van der Waals surface area contributed by atoms with Crippen molar-refractivity contribution >= 4 is 11.8 Å². The lowest BCUT2D eigenvalue weighted by molar-refractivity contribution is 0.0192. The third-order valence-electron chi connectivity index (χ3n) is 3.99. The molecule has 0 radical (unpaired) electrons. The molecule has 1 unspecified atom stereocenters. The number of aliphatic hydroxyl groups is 1. The highest BCUT2D eigenvalue weighted by Gasteiger charge is 2.34. The van der Waals surface area contributed by atoms with Crippen LogP contribution in [0.3, 0.4) is 0 Å². The highest BCUT2D eigenvalue weighted by atomic mass is 32.2. The number of nitrogens with zero attached hydrogens (tertiary/aromatic N) is 1. The molecule has 1 aromatic rings. The van der Waals surface area contributed by atoms with Crippen LogP contribution in [0.2, 0.25) is 0 Å². The van der Waals surface area contributed by atoms with Gasteiger partial charge in [-0.3, -0.25) is 0 Å². The summed E-state index contributed by atoms with van der Waals surface area (Å²) < 4.78 is 0.325. The molecule has 1 aromatic carbocycles. The number of rotatable bonds is 4. The number of thioether (sulfide) groups is 1. The minimum atomic E-state index is -0.415. The van der Waals surface area contributed by atoms with Gasteiger partial charge in [0, 0.05) is 35.5 Å². The molecule has 0 spiro atoms. The van der Waals surface area contributed by atoms with Gasteiger partial charge in [-0.2, -0.15) is 11.8 Å². The van der Waals surface area contributed by atoms with Gasteiger partial charge in [-0.25, -0.2) is 0 Å². The van der Waals surface area contributed by atoms with E-state index in [9.17, 15) is 5.11 Å². The van der Waals surface area contributed by atoms with Gasteiger partial charge < -0.3 is 10.0 Å². The first-order valence-corrected chi connectivity index (χ1v) is 8.38. The molecule has 0 bridgehead atoms. The van der Waals surface area contributed by atoms with Gasteiger partial charge in [0.25, 0.3) is 0 Å². The predicted molar refractivity (Wildman–Crippen MR) is 88.2 cm³/mol. The fourth-order valence-electron chi connectivity index (χ4n) is 3.00. The molecular formula is C17H27NOS. The number of hydrogen-bond acceptors (Lipinski definition) is 3. The van der Waals surface area contributed by atoms with Gasteiger partial charge in [-0.15, -0.1) is 0 Å². The van der Waals surface area contributed by atoms with E-state index in [0.717, 1.165) is 25.2 Å². The van der Waals surface area contributed by atoms with Crippen molar-refractivity contribution in [3.05, 3.63) is 35.9 Å². The maximum absolute atomic E-state index is 10.7. The summed E-state index contributed by atoms with van der Waals surface area (Å²) in [6, 6.07) is 10.0. The highest BCUT2D eigenvalue weighted by Crippen LogP contribution is 2.36. The lowest BCUT2D eigenvalue weighted by Crippen LogP contribution is -2.47. The summed E-state index contributed by atoms with van der Waals surface area (Å²) in [5.74, 6) is 1.19. The Morgan fingerprint density at radius 3 is 2.55 bits per heavy atom. The minimum Gasteiger partial charge on any atom is -0.388 e. The summed E-state index contributed by atoms with van der Waals surface area (Å²) in [4.78, 5) is 2.50. The van der Waals surface area contributed by atoms with Crippen LogP contribution >= 0.6 is 11.8 Å². The summed E-state index contributed by atoms with van der Waals surface area (Å²) in [5.41, 5.74) is 0.877. The first-order chi connectivity index (χ1) is 9.30. The average molecular weight is 293 g/mol. The Morgan fingerprint density at radius 1 is 1.30 bits per heavy atom. The quantitative estimate of drug-likeness (QED) is 0.918. The summed E-state index contributed by atoms with van der Waals surface area (Å²) in [6.07, 6.45) is -0.415. The molecule has 0 aromatic heterocycles. The van der Waals surface area contributed by atoms with Crippen LogP contribution in [-0.4, -0.2) is 40.1 Å². The van der Waals surface area contributed by atoms with E-state index in [1.165, 1.54) is 5.75 Å². The molecule has 1 heterocycles. The van der Waals surface area contributed by atoms with Gasteiger partial charge in [-0.1, -0.05) is 44.2 Å². The second-order valence-electron chi connectivity index (χ2n) is 7.12. The topological polar surface area (TPSA) is 23.5 Å². The predicted octanol–water partition coefficient (Wildman–Crippen LogP) is 3.57. The van der Waals surface area contributed by atoms with Crippen molar-refractivity contribution in [2.24, 2.45) is 5.41 Å². The molecule has 112 valence electrons. The van der Waals surface area contributed by atoms with Gasteiger partial charge >= 0.3 is 0 Å². The van der Waals surface area contributed by atoms with E-state index in [0.29, 0.717) is 4.75 Å². The second-order valence-corrected chi connectivity index (χ2v) is 8.92. The summed E-state index contributed by atoms with van der Waals surface area (Å²) in [5, 5.41) is 10.7. The van der Waals surface area contributed by atoms with Crippen molar-refractivity contribution in [3.8, 4) is 0 Å². The van der Waals surface area contributed by atoms with Crippen LogP contribution in [0.5, 0.6) is 0 Å². The van der Waals surface area contributed by atoms with E-state index in [-0.39, 0.29) is 5.41 Å². The largest absolute Gasteiger partial charge is 0.388 e. The molecule has 1 saturated heterocycles. The van der Waals surface area contributed by atoms with Gasteiger partial charge in [0.05, 0.1) is 6.10 Å². The Kier molecular flexibility index (Phi) is 4.83. The Balaban J connectivity index is 2.03.